The maximum atomic E-state index is 11.6. The Kier molecular flexibility index (Phi) is 3.94. The third-order valence-corrected chi connectivity index (χ3v) is 4.56. The van der Waals surface area contributed by atoms with E-state index < -0.39 is 5.54 Å². The largest absolute Gasteiger partial charge is 0.376 e. The van der Waals surface area contributed by atoms with Crippen LogP contribution in [0.3, 0.4) is 0 Å². The van der Waals surface area contributed by atoms with Gasteiger partial charge in [0.1, 0.15) is 0 Å². The van der Waals surface area contributed by atoms with Crippen LogP contribution in [-0.4, -0.2) is 54.7 Å². The zero-order valence-corrected chi connectivity index (χ0v) is 11.6. The van der Waals surface area contributed by atoms with E-state index in [-0.39, 0.29) is 12.0 Å². The molecule has 0 spiro atoms. The van der Waals surface area contributed by atoms with Crippen LogP contribution in [0.5, 0.6) is 0 Å². The molecule has 2 aliphatic rings. The van der Waals surface area contributed by atoms with Crippen molar-refractivity contribution in [3.8, 4) is 0 Å². The Morgan fingerprint density at radius 2 is 2.22 bits per heavy atom. The third-order valence-electron chi connectivity index (χ3n) is 4.56. The van der Waals surface area contributed by atoms with Crippen LogP contribution < -0.4 is 11.1 Å². The highest BCUT2D eigenvalue weighted by atomic mass is 16.5. The van der Waals surface area contributed by atoms with Gasteiger partial charge in [-0.25, -0.2) is 0 Å². The van der Waals surface area contributed by atoms with Gasteiger partial charge in [0.15, 0.2) is 0 Å². The Hall–Kier alpha value is -0.650. The topological polar surface area (TPSA) is 67.6 Å². The minimum Gasteiger partial charge on any atom is -0.376 e. The van der Waals surface area contributed by atoms with Gasteiger partial charge in [-0.2, -0.15) is 0 Å². The summed E-state index contributed by atoms with van der Waals surface area (Å²) in [6.07, 6.45) is 2.96. The van der Waals surface area contributed by atoms with Gasteiger partial charge in [0.25, 0.3) is 0 Å². The average Bonchev–Trinajstić information content (AvgIpc) is 2.78. The molecule has 0 bridgehead atoms. The quantitative estimate of drug-likeness (QED) is 0.750. The maximum Gasteiger partial charge on any atom is 0.237 e. The summed E-state index contributed by atoms with van der Waals surface area (Å²) in [5.74, 6) is -0.221. The van der Waals surface area contributed by atoms with Crippen molar-refractivity contribution in [2.75, 3.05) is 20.2 Å². The van der Waals surface area contributed by atoms with Crippen LogP contribution in [0.15, 0.2) is 0 Å². The van der Waals surface area contributed by atoms with E-state index in [4.69, 9.17) is 10.5 Å². The van der Waals surface area contributed by atoms with Crippen molar-refractivity contribution >= 4 is 5.91 Å². The van der Waals surface area contributed by atoms with Gasteiger partial charge in [-0.1, -0.05) is 0 Å². The molecule has 5 heteroatoms. The fraction of sp³-hybridized carbons (Fsp3) is 0.923. The molecule has 0 aromatic rings. The van der Waals surface area contributed by atoms with Crippen molar-refractivity contribution in [1.29, 1.82) is 0 Å². The molecule has 5 nitrogen and oxygen atoms in total. The lowest BCUT2D eigenvalue weighted by Gasteiger charge is -2.41. The number of morpholine rings is 1. The maximum absolute atomic E-state index is 11.6. The van der Waals surface area contributed by atoms with Crippen molar-refractivity contribution in [1.82, 2.24) is 10.2 Å². The number of hydrogen-bond acceptors (Lipinski definition) is 4. The first kappa shape index (κ1) is 13.8. The van der Waals surface area contributed by atoms with Gasteiger partial charge in [0.05, 0.1) is 18.2 Å². The molecule has 1 aliphatic carbocycles. The Morgan fingerprint density at radius 3 is 2.78 bits per heavy atom. The molecule has 3 N–H and O–H groups in total. The summed E-state index contributed by atoms with van der Waals surface area (Å²) in [4.78, 5) is 14.1. The number of amides is 1. The summed E-state index contributed by atoms with van der Waals surface area (Å²) in [5, 5.41) is 3.14. The van der Waals surface area contributed by atoms with E-state index >= 15 is 0 Å². The number of nitrogens with zero attached hydrogens (tertiary/aromatic N) is 1. The number of likely N-dealkylation sites (N-methyl/N-ethyl adjacent to an activating group) is 1. The summed E-state index contributed by atoms with van der Waals surface area (Å²) in [5.41, 5.74) is 5.04. The summed E-state index contributed by atoms with van der Waals surface area (Å²) in [7, 11) is 1.83. The number of nitrogens with two attached hydrogens (primary N) is 1. The second-order valence-corrected chi connectivity index (χ2v) is 5.78. The second-order valence-electron chi connectivity index (χ2n) is 5.78. The lowest BCUT2D eigenvalue weighted by atomic mass is 9.96. The van der Waals surface area contributed by atoms with Crippen LogP contribution >= 0.6 is 0 Å². The molecular formula is C13H25N3O2. The monoisotopic (exact) mass is 255 g/mol. The van der Waals surface area contributed by atoms with E-state index in [2.05, 4.69) is 24.1 Å². The number of hydrogen-bond donors (Lipinski definition) is 2. The summed E-state index contributed by atoms with van der Waals surface area (Å²) in [6, 6.07) is 0.859. The predicted molar refractivity (Wildman–Crippen MR) is 70.2 cm³/mol. The van der Waals surface area contributed by atoms with E-state index in [9.17, 15) is 4.79 Å². The van der Waals surface area contributed by atoms with E-state index in [1.54, 1.807) is 0 Å². The molecular weight excluding hydrogens is 230 g/mol. The van der Waals surface area contributed by atoms with Crippen LogP contribution in [0, 0.1) is 0 Å². The van der Waals surface area contributed by atoms with E-state index in [1.165, 1.54) is 0 Å². The minimum absolute atomic E-state index is 0.221. The fourth-order valence-corrected chi connectivity index (χ4v) is 3.31. The van der Waals surface area contributed by atoms with Crippen LogP contribution in [0.25, 0.3) is 0 Å². The van der Waals surface area contributed by atoms with Gasteiger partial charge >= 0.3 is 0 Å². The summed E-state index contributed by atoms with van der Waals surface area (Å²) in [6.45, 7) is 6.02. The Balaban J connectivity index is 2.05. The molecule has 1 amide bonds. The SMILES string of the molecule is CNC1(C(N)=O)CCC(N2CC(C)OCC2C)C1. The van der Waals surface area contributed by atoms with E-state index in [0.29, 0.717) is 12.1 Å². The van der Waals surface area contributed by atoms with Crippen LogP contribution in [0.2, 0.25) is 0 Å². The van der Waals surface area contributed by atoms with Crippen molar-refractivity contribution in [3.05, 3.63) is 0 Å². The van der Waals surface area contributed by atoms with Crippen molar-refractivity contribution in [2.45, 2.75) is 56.8 Å². The first-order chi connectivity index (χ1) is 8.48. The molecule has 0 aromatic carbocycles. The second kappa shape index (κ2) is 5.15. The predicted octanol–water partition coefficient (Wildman–Crippen LogP) is 0.0916. The Bertz CT molecular complexity index is 323. The highest BCUT2D eigenvalue weighted by molar-refractivity contribution is 5.85. The number of carbonyl (C=O) groups is 1. The lowest BCUT2D eigenvalue weighted by molar-refractivity contribution is -0.124. The molecule has 1 saturated heterocycles. The van der Waals surface area contributed by atoms with Gasteiger partial charge in [0.2, 0.25) is 5.91 Å². The number of ether oxygens (including phenoxy) is 1. The van der Waals surface area contributed by atoms with Crippen LogP contribution in [0.1, 0.15) is 33.1 Å². The number of nitrogens with one attached hydrogen (secondary N) is 1. The highest BCUT2D eigenvalue weighted by Crippen LogP contribution is 2.34. The summed E-state index contributed by atoms with van der Waals surface area (Å²) < 4.78 is 5.66. The summed E-state index contributed by atoms with van der Waals surface area (Å²) >= 11 is 0. The first-order valence-corrected chi connectivity index (χ1v) is 6.84. The highest BCUT2D eigenvalue weighted by Gasteiger charge is 2.46. The smallest absolute Gasteiger partial charge is 0.237 e. The van der Waals surface area contributed by atoms with Gasteiger partial charge in [-0.15, -0.1) is 0 Å². The van der Waals surface area contributed by atoms with Crippen molar-refractivity contribution in [2.24, 2.45) is 5.73 Å². The molecule has 2 rings (SSSR count). The molecule has 4 atom stereocenters. The van der Waals surface area contributed by atoms with Crippen LogP contribution in [0.4, 0.5) is 0 Å². The number of carbonyl (C=O) groups excluding carboxylic acids is 1. The molecule has 104 valence electrons. The lowest BCUT2D eigenvalue weighted by Crippen LogP contribution is -2.55. The third kappa shape index (κ3) is 2.39. The van der Waals surface area contributed by atoms with Gasteiger partial charge in [-0.3, -0.25) is 9.69 Å². The average molecular weight is 255 g/mol. The Morgan fingerprint density at radius 1 is 1.50 bits per heavy atom. The number of rotatable bonds is 3. The molecule has 1 aliphatic heterocycles. The molecule has 1 heterocycles. The van der Waals surface area contributed by atoms with E-state index in [1.807, 2.05) is 7.05 Å². The fourth-order valence-electron chi connectivity index (χ4n) is 3.31. The van der Waals surface area contributed by atoms with Gasteiger partial charge < -0.3 is 15.8 Å². The number of primary amides is 1. The molecule has 4 unspecified atom stereocenters. The zero-order chi connectivity index (χ0) is 13.3. The van der Waals surface area contributed by atoms with Crippen LogP contribution in [-0.2, 0) is 9.53 Å². The zero-order valence-electron chi connectivity index (χ0n) is 11.6. The normalized spacial score (nSPS) is 42.1. The standard InChI is InChI=1S/C13H25N3O2/c1-9-8-18-10(2)7-16(9)11-4-5-13(6-11,15-3)12(14)17/h9-11,15H,4-8H2,1-3H3,(H2,14,17). The van der Waals surface area contributed by atoms with Gasteiger partial charge in [-0.05, 0) is 40.2 Å². The van der Waals surface area contributed by atoms with E-state index in [0.717, 1.165) is 32.4 Å². The molecule has 1 saturated carbocycles. The minimum atomic E-state index is -0.508. The molecule has 2 fully saturated rings. The van der Waals surface area contributed by atoms with Crippen molar-refractivity contribution in [3.63, 3.8) is 0 Å². The van der Waals surface area contributed by atoms with Crippen molar-refractivity contribution < 1.29 is 9.53 Å². The molecule has 0 aromatic heterocycles. The molecule has 18 heavy (non-hydrogen) atoms. The Labute approximate surface area is 109 Å². The van der Waals surface area contributed by atoms with Gasteiger partial charge in [0, 0.05) is 18.6 Å². The molecule has 0 radical (unpaired) electrons. The first-order valence-electron chi connectivity index (χ1n) is 6.84.